The first-order valence-corrected chi connectivity index (χ1v) is 3.90. The molecule has 0 aromatic heterocycles. The van der Waals surface area contributed by atoms with Gasteiger partial charge in [0.1, 0.15) is 0 Å². The first-order chi connectivity index (χ1) is 5.24. The van der Waals surface area contributed by atoms with E-state index in [0.717, 1.165) is 5.56 Å². The van der Waals surface area contributed by atoms with Gasteiger partial charge in [0.25, 0.3) is 0 Å². The van der Waals surface area contributed by atoms with Crippen molar-refractivity contribution in [3.05, 3.63) is 46.8 Å². The predicted octanol–water partition coefficient (Wildman–Crippen LogP) is 3.84. The van der Waals surface area contributed by atoms with Gasteiger partial charge in [-0.25, -0.2) is 0 Å². The highest BCUT2D eigenvalue weighted by molar-refractivity contribution is 6.34. The van der Waals surface area contributed by atoms with Crippen LogP contribution >= 0.6 is 23.2 Å². The molecule has 2 heteroatoms. The van der Waals surface area contributed by atoms with Crippen molar-refractivity contribution < 1.29 is 0 Å². The second-order valence-electron chi connectivity index (χ2n) is 2.07. The van der Waals surface area contributed by atoms with E-state index >= 15 is 0 Å². The predicted molar refractivity (Wildman–Crippen MR) is 50.9 cm³/mol. The summed E-state index contributed by atoms with van der Waals surface area (Å²) in [6.45, 7) is 3.57. The van der Waals surface area contributed by atoms with E-state index in [2.05, 4.69) is 6.92 Å². The summed E-state index contributed by atoms with van der Waals surface area (Å²) >= 11 is 11.6. The molecule has 0 aliphatic rings. The van der Waals surface area contributed by atoms with Crippen LogP contribution in [0.15, 0.2) is 24.3 Å². The highest BCUT2D eigenvalue weighted by atomic mass is 35.5. The van der Waals surface area contributed by atoms with E-state index in [-0.39, 0.29) is 0 Å². The van der Waals surface area contributed by atoms with Crippen LogP contribution in [-0.4, -0.2) is 0 Å². The summed E-state index contributed by atoms with van der Waals surface area (Å²) in [5.41, 5.74) is 0.897. The van der Waals surface area contributed by atoms with Crippen molar-refractivity contribution in [1.29, 1.82) is 0 Å². The molecular weight excluding hydrogens is 179 g/mol. The van der Waals surface area contributed by atoms with E-state index in [4.69, 9.17) is 23.2 Å². The molecule has 0 bridgehead atoms. The third-order valence-electron chi connectivity index (χ3n) is 1.26. The van der Waals surface area contributed by atoms with Crippen LogP contribution in [0, 0.1) is 6.92 Å². The first kappa shape index (κ1) is 8.63. The molecule has 0 heterocycles. The zero-order valence-electron chi connectivity index (χ0n) is 5.85. The lowest BCUT2D eigenvalue weighted by Crippen LogP contribution is -1.73. The summed E-state index contributed by atoms with van der Waals surface area (Å²) in [6, 6.07) is 5.31. The van der Waals surface area contributed by atoms with Gasteiger partial charge >= 0.3 is 0 Å². The Kier molecular flexibility index (Phi) is 2.98. The monoisotopic (exact) mass is 185 g/mol. The third-order valence-corrected chi connectivity index (χ3v) is 1.83. The minimum absolute atomic E-state index is 0.683. The maximum Gasteiger partial charge on any atom is 0.0479 e. The average molecular weight is 186 g/mol. The van der Waals surface area contributed by atoms with Crippen LogP contribution in [0.25, 0.3) is 6.08 Å². The molecule has 0 aliphatic carbocycles. The Hall–Kier alpha value is -0.460. The SMILES string of the molecule is [CH2]/C=C/c1cc(Cl)ccc1Cl. The minimum Gasteiger partial charge on any atom is -0.0843 e. The van der Waals surface area contributed by atoms with Gasteiger partial charge in [0.15, 0.2) is 0 Å². The lowest BCUT2D eigenvalue weighted by atomic mass is 10.2. The first-order valence-electron chi connectivity index (χ1n) is 3.15. The standard InChI is InChI=1S/C9H7Cl2/c1-2-3-7-6-8(10)4-5-9(7)11/h2-6H,1H2/b3-2+. The van der Waals surface area contributed by atoms with Crippen LogP contribution in [-0.2, 0) is 0 Å². The van der Waals surface area contributed by atoms with Crippen molar-refractivity contribution >= 4 is 29.3 Å². The third kappa shape index (κ3) is 2.25. The summed E-state index contributed by atoms with van der Waals surface area (Å²) < 4.78 is 0. The van der Waals surface area contributed by atoms with Crippen molar-refractivity contribution in [2.45, 2.75) is 0 Å². The van der Waals surface area contributed by atoms with Crippen LogP contribution in [0.2, 0.25) is 10.0 Å². The molecule has 57 valence electrons. The molecule has 0 aliphatic heterocycles. The number of halogens is 2. The molecule has 0 amide bonds. The molecule has 1 radical (unpaired) electrons. The smallest absolute Gasteiger partial charge is 0.0479 e. The highest BCUT2D eigenvalue weighted by Crippen LogP contribution is 2.21. The summed E-state index contributed by atoms with van der Waals surface area (Å²) in [5.74, 6) is 0. The topological polar surface area (TPSA) is 0 Å². The number of hydrogen-bond donors (Lipinski definition) is 0. The summed E-state index contributed by atoms with van der Waals surface area (Å²) in [7, 11) is 0. The molecule has 0 fully saturated rings. The van der Waals surface area contributed by atoms with Crippen molar-refractivity contribution in [1.82, 2.24) is 0 Å². The molecular formula is C9H7Cl2. The van der Waals surface area contributed by atoms with E-state index < -0.39 is 0 Å². The summed E-state index contributed by atoms with van der Waals surface area (Å²) in [6.07, 6.45) is 3.49. The quantitative estimate of drug-likeness (QED) is 0.624. The highest BCUT2D eigenvalue weighted by Gasteiger charge is 1.95. The molecule has 0 spiro atoms. The van der Waals surface area contributed by atoms with Gasteiger partial charge in [0.05, 0.1) is 0 Å². The fourth-order valence-corrected chi connectivity index (χ4v) is 1.13. The molecule has 1 aromatic rings. The van der Waals surface area contributed by atoms with Crippen LogP contribution in [0.3, 0.4) is 0 Å². The second kappa shape index (κ2) is 3.80. The summed E-state index contributed by atoms with van der Waals surface area (Å²) in [4.78, 5) is 0. The number of hydrogen-bond acceptors (Lipinski definition) is 0. The van der Waals surface area contributed by atoms with Crippen LogP contribution in [0.4, 0.5) is 0 Å². The molecule has 0 saturated carbocycles. The van der Waals surface area contributed by atoms with Crippen molar-refractivity contribution in [3.8, 4) is 0 Å². The number of allylic oxidation sites excluding steroid dienone is 1. The van der Waals surface area contributed by atoms with E-state index in [9.17, 15) is 0 Å². The maximum atomic E-state index is 5.84. The Labute approximate surface area is 76.4 Å². The van der Waals surface area contributed by atoms with E-state index in [1.165, 1.54) is 0 Å². The fourth-order valence-electron chi connectivity index (χ4n) is 0.769. The molecule has 0 N–H and O–H groups in total. The Morgan fingerprint density at radius 1 is 1.27 bits per heavy atom. The van der Waals surface area contributed by atoms with Crippen LogP contribution in [0.1, 0.15) is 5.56 Å². The van der Waals surface area contributed by atoms with Gasteiger partial charge in [-0.1, -0.05) is 35.4 Å². The van der Waals surface area contributed by atoms with E-state index in [1.54, 1.807) is 24.3 Å². The summed E-state index contributed by atoms with van der Waals surface area (Å²) in [5, 5.41) is 1.37. The van der Waals surface area contributed by atoms with Crippen molar-refractivity contribution in [3.63, 3.8) is 0 Å². The van der Waals surface area contributed by atoms with Gasteiger partial charge in [0.2, 0.25) is 0 Å². The Morgan fingerprint density at radius 2 is 2.00 bits per heavy atom. The maximum absolute atomic E-state index is 5.84. The molecule has 11 heavy (non-hydrogen) atoms. The van der Waals surface area contributed by atoms with Gasteiger partial charge < -0.3 is 0 Å². The lowest BCUT2D eigenvalue weighted by Gasteiger charge is -1.97. The molecule has 1 aromatic carbocycles. The van der Waals surface area contributed by atoms with Crippen LogP contribution < -0.4 is 0 Å². The number of benzene rings is 1. The van der Waals surface area contributed by atoms with Gasteiger partial charge in [-0.15, -0.1) is 0 Å². The largest absolute Gasteiger partial charge is 0.0843 e. The zero-order chi connectivity index (χ0) is 8.27. The molecule has 0 unspecified atom stereocenters. The van der Waals surface area contributed by atoms with Gasteiger partial charge in [-0.3, -0.25) is 0 Å². The molecule has 1 rings (SSSR count). The van der Waals surface area contributed by atoms with Gasteiger partial charge in [-0.2, -0.15) is 0 Å². The Morgan fingerprint density at radius 3 is 2.64 bits per heavy atom. The van der Waals surface area contributed by atoms with E-state index in [1.807, 2.05) is 6.08 Å². The Bertz CT molecular complexity index is 277. The van der Waals surface area contributed by atoms with Gasteiger partial charge in [-0.05, 0) is 30.7 Å². The minimum atomic E-state index is 0.683. The normalized spacial score (nSPS) is 10.8. The number of rotatable bonds is 1. The molecule has 0 saturated heterocycles. The molecule has 0 nitrogen and oxygen atoms in total. The lowest BCUT2D eigenvalue weighted by molar-refractivity contribution is 1.65. The Balaban J connectivity index is 3.12. The average Bonchev–Trinajstić information content (AvgIpc) is 1.98. The van der Waals surface area contributed by atoms with E-state index in [0.29, 0.717) is 10.0 Å². The van der Waals surface area contributed by atoms with Gasteiger partial charge in [0, 0.05) is 10.0 Å². The molecule has 0 atom stereocenters. The van der Waals surface area contributed by atoms with Crippen molar-refractivity contribution in [2.75, 3.05) is 0 Å². The van der Waals surface area contributed by atoms with Crippen LogP contribution in [0.5, 0.6) is 0 Å². The fraction of sp³-hybridized carbons (Fsp3) is 0. The zero-order valence-corrected chi connectivity index (χ0v) is 7.36. The van der Waals surface area contributed by atoms with Crippen molar-refractivity contribution in [2.24, 2.45) is 0 Å². The second-order valence-corrected chi connectivity index (χ2v) is 2.91.